The summed E-state index contributed by atoms with van der Waals surface area (Å²) in [5.74, 6) is 1.10. The molecule has 0 spiro atoms. The van der Waals surface area contributed by atoms with Crippen molar-refractivity contribution in [3.63, 3.8) is 0 Å². The zero-order valence-corrected chi connectivity index (χ0v) is 11.6. The van der Waals surface area contributed by atoms with Gasteiger partial charge in [0.15, 0.2) is 0 Å². The molecule has 1 aromatic rings. The number of hydrogen-bond donors (Lipinski definition) is 1. The summed E-state index contributed by atoms with van der Waals surface area (Å²) in [4.78, 5) is 0. The predicted molar refractivity (Wildman–Crippen MR) is 73.1 cm³/mol. The molecule has 2 heterocycles. The van der Waals surface area contributed by atoms with Crippen LogP contribution in [-0.4, -0.2) is 40.6 Å². The second-order valence-electron chi connectivity index (χ2n) is 5.66. The van der Waals surface area contributed by atoms with Crippen molar-refractivity contribution in [2.24, 2.45) is 0 Å². The van der Waals surface area contributed by atoms with E-state index in [-0.39, 0.29) is 0 Å². The maximum absolute atomic E-state index is 5.95. The van der Waals surface area contributed by atoms with Gasteiger partial charge in [-0.1, -0.05) is 12.8 Å². The third kappa shape index (κ3) is 3.34. The predicted octanol–water partition coefficient (Wildman–Crippen LogP) is 1.70. The molecule has 2 aliphatic rings. The lowest BCUT2D eigenvalue weighted by molar-refractivity contribution is 0.0338. The molecule has 0 amide bonds. The van der Waals surface area contributed by atoms with Crippen molar-refractivity contribution in [3.05, 3.63) is 12.2 Å². The highest BCUT2D eigenvalue weighted by Gasteiger charge is 2.20. The first-order chi connectivity index (χ1) is 9.43. The minimum atomic E-state index is 0.434. The molecule has 0 bridgehead atoms. The molecule has 0 aromatic carbocycles. The van der Waals surface area contributed by atoms with Crippen molar-refractivity contribution in [1.82, 2.24) is 20.1 Å². The molecule has 106 valence electrons. The third-order valence-electron chi connectivity index (χ3n) is 4.33. The van der Waals surface area contributed by atoms with Crippen LogP contribution in [0, 0.1) is 0 Å². The second-order valence-corrected chi connectivity index (χ2v) is 5.66. The van der Waals surface area contributed by atoms with Crippen LogP contribution in [0.25, 0.3) is 0 Å². The van der Waals surface area contributed by atoms with Gasteiger partial charge in [0.2, 0.25) is 0 Å². The Morgan fingerprint density at radius 3 is 2.79 bits per heavy atom. The second kappa shape index (κ2) is 6.48. The smallest absolute Gasteiger partial charge is 0.135 e. The average Bonchev–Trinajstić information content (AvgIpc) is 3.10. The summed E-state index contributed by atoms with van der Waals surface area (Å²) < 4.78 is 8.23. The summed E-state index contributed by atoms with van der Waals surface area (Å²) >= 11 is 0. The van der Waals surface area contributed by atoms with Crippen LogP contribution in [0.15, 0.2) is 6.33 Å². The highest BCUT2D eigenvalue weighted by molar-refractivity contribution is 4.91. The fourth-order valence-corrected chi connectivity index (χ4v) is 3.21. The van der Waals surface area contributed by atoms with Crippen molar-refractivity contribution in [3.8, 4) is 0 Å². The third-order valence-corrected chi connectivity index (χ3v) is 4.33. The van der Waals surface area contributed by atoms with E-state index in [1.54, 1.807) is 0 Å². The maximum Gasteiger partial charge on any atom is 0.135 e. The first-order valence-corrected chi connectivity index (χ1v) is 7.64. The molecular weight excluding hydrogens is 240 g/mol. The van der Waals surface area contributed by atoms with E-state index in [0.29, 0.717) is 12.1 Å². The van der Waals surface area contributed by atoms with Crippen molar-refractivity contribution in [2.45, 2.75) is 57.1 Å². The number of hydrogen-bond acceptors (Lipinski definition) is 4. The zero-order valence-electron chi connectivity index (χ0n) is 11.6. The molecule has 0 unspecified atom stereocenters. The van der Waals surface area contributed by atoms with E-state index < -0.39 is 0 Å². The average molecular weight is 264 g/mol. The Morgan fingerprint density at radius 2 is 2.00 bits per heavy atom. The maximum atomic E-state index is 5.95. The van der Waals surface area contributed by atoms with Gasteiger partial charge in [-0.15, -0.1) is 10.2 Å². The van der Waals surface area contributed by atoms with E-state index in [4.69, 9.17) is 4.74 Å². The van der Waals surface area contributed by atoms with E-state index in [2.05, 4.69) is 20.1 Å². The SMILES string of the molecule is c1nnc(CCOC2CCNCC2)n1C1CCCC1. The van der Waals surface area contributed by atoms with Gasteiger partial charge in [0.05, 0.1) is 12.7 Å². The minimum absolute atomic E-state index is 0.434. The first-order valence-electron chi connectivity index (χ1n) is 7.64. The Kier molecular flexibility index (Phi) is 4.45. The summed E-state index contributed by atoms with van der Waals surface area (Å²) in [5.41, 5.74) is 0. The molecule has 1 saturated carbocycles. The van der Waals surface area contributed by atoms with E-state index in [1.807, 2.05) is 6.33 Å². The van der Waals surface area contributed by atoms with E-state index >= 15 is 0 Å². The standard InChI is InChI=1S/C14H24N4O/c1-2-4-12(3-1)18-11-16-17-14(18)7-10-19-13-5-8-15-9-6-13/h11-13,15H,1-10H2. The fourth-order valence-electron chi connectivity index (χ4n) is 3.21. The Bertz CT molecular complexity index is 381. The van der Waals surface area contributed by atoms with Crippen molar-refractivity contribution < 1.29 is 4.74 Å². The highest BCUT2D eigenvalue weighted by Crippen LogP contribution is 2.29. The molecule has 1 aliphatic carbocycles. The van der Waals surface area contributed by atoms with E-state index in [0.717, 1.165) is 44.8 Å². The fraction of sp³-hybridized carbons (Fsp3) is 0.857. The number of piperidine rings is 1. The Labute approximate surface area is 114 Å². The summed E-state index contributed by atoms with van der Waals surface area (Å²) in [5, 5.41) is 11.7. The Balaban J connectivity index is 1.48. The van der Waals surface area contributed by atoms with Gasteiger partial charge in [-0.05, 0) is 38.8 Å². The number of rotatable bonds is 5. The molecule has 1 aromatic heterocycles. The Hall–Kier alpha value is -0.940. The first kappa shape index (κ1) is 13.1. The summed E-state index contributed by atoms with van der Waals surface area (Å²) in [6.45, 7) is 2.95. The molecule has 5 heteroatoms. The largest absolute Gasteiger partial charge is 0.378 e. The molecule has 19 heavy (non-hydrogen) atoms. The number of nitrogens with zero attached hydrogens (tertiary/aromatic N) is 3. The minimum Gasteiger partial charge on any atom is -0.378 e. The van der Waals surface area contributed by atoms with Gasteiger partial charge in [-0.2, -0.15) is 0 Å². The van der Waals surface area contributed by atoms with Gasteiger partial charge in [-0.25, -0.2) is 0 Å². The topological polar surface area (TPSA) is 52.0 Å². The van der Waals surface area contributed by atoms with Gasteiger partial charge in [-0.3, -0.25) is 0 Å². The van der Waals surface area contributed by atoms with Gasteiger partial charge >= 0.3 is 0 Å². The monoisotopic (exact) mass is 264 g/mol. The summed E-state index contributed by atoms with van der Waals surface area (Å²) in [6.07, 6.45) is 10.7. The highest BCUT2D eigenvalue weighted by atomic mass is 16.5. The van der Waals surface area contributed by atoms with Crippen LogP contribution in [0.5, 0.6) is 0 Å². The van der Waals surface area contributed by atoms with Crippen LogP contribution < -0.4 is 5.32 Å². The quantitative estimate of drug-likeness (QED) is 0.879. The van der Waals surface area contributed by atoms with E-state index in [9.17, 15) is 0 Å². The summed E-state index contributed by atoms with van der Waals surface area (Å²) in [7, 11) is 0. The van der Waals surface area contributed by atoms with Gasteiger partial charge in [0.1, 0.15) is 12.2 Å². The molecule has 0 radical (unpaired) electrons. The van der Waals surface area contributed by atoms with Crippen molar-refractivity contribution in [2.75, 3.05) is 19.7 Å². The Morgan fingerprint density at radius 1 is 1.21 bits per heavy atom. The van der Waals surface area contributed by atoms with Crippen molar-refractivity contribution in [1.29, 1.82) is 0 Å². The molecule has 0 atom stereocenters. The lowest BCUT2D eigenvalue weighted by Crippen LogP contribution is -2.32. The molecule has 2 fully saturated rings. The molecular formula is C14H24N4O. The number of ether oxygens (including phenoxy) is 1. The lowest BCUT2D eigenvalue weighted by atomic mass is 10.1. The van der Waals surface area contributed by atoms with Crippen LogP contribution >= 0.6 is 0 Å². The molecule has 1 saturated heterocycles. The number of aromatic nitrogens is 3. The molecule has 3 rings (SSSR count). The van der Waals surface area contributed by atoms with Crippen LogP contribution in [0.3, 0.4) is 0 Å². The zero-order chi connectivity index (χ0) is 12.9. The van der Waals surface area contributed by atoms with Crippen LogP contribution in [0.2, 0.25) is 0 Å². The molecule has 1 aliphatic heterocycles. The van der Waals surface area contributed by atoms with Gasteiger partial charge in [0.25, 0.3) is 0 Å². The molecule has 1 N–H and O–H groups in total. The van der Waals surface area contributed by atoms with Crippen molar-refractivity contribution >= 4 is 0 Å². The van der Waals surface area contributed by atoms with Crippen LogP contribution in [0.1, 0.15) is 50.4 Å². The lowest BCUT2D eigenvalue weighted by Gasteiger charge is -2.23. The normalized spacial score (nSPS) is 22.1. The van der Waals surface area contributed by atoms with Crippen LogP contribution in [0.4, 0.5) is 0 Å². The van der Waals surface area contributed by atoms with Gasteiger partial charge < -0.3 is 14.6 Å². The van der Waals surface area contributed by atoms with E-state index in [1.165, 1.54) is 25.7 Å². The van der Waals surface area contributed by atoms with Gasteiger partial charge in [0, 0.05) is 12.5 Å². The number of nitrogens with one attached hydrogen (secondary N) is 1. The summed E-state index contributed by atoms with van der Waals surface area (Å²) in [6, 6.07) is 0.629. The molecule has 5 nitrogen and oxygen atoms in total. The van der Waals surface area contributed by atoms with Crippen LogP contribution in [-0.2, 0) is 11.2 Å².